The number of nitrogen functional groups attached to an aromatic ring is 1. The summed E-state index contributed by atoms with van der Waals surface area (Å²) in [6, 6.07) is 9.21. The molecule has 0 radical (unpaired) electrons. The van der Waals surface area contributed by atoms with E-state index in [0.29, 0.717) is 11.6 Å². The molecule has 0 unspecified atom stereocenters. The molecule has 106 valence electrons. The SMILES string of the molecule is NNc1nc(C(=O)NCc2ncon2)cc2ccccc12. The maximum absolute atomic E-state index is 12.1. The van der Waals surface area contributed by atoms with Crippen LogP contribution in [0.4, 0.5) is 5.82 Å². The summed E-state index contributed by atoms with van der Waals surface area (Å²) >= 11 is 0. The Morgan fingerprint density at radius 1 is 1.33 bits per heavy atom. The van der Waals surface area contributed by atoms with Gasteiger partial charge in [0.15, 0.2) is 5.82 Å². The predicted octanol–water partition coefficient (Wildman–Crippen LogP) is 0.833. The van der Waals surface area contributed by atoms with Gasteiger partial charge in [-0.15, -0.1) is 0 Å². The zero-order valence-corrected chi connectivity index (χ0v) is 10.9. The molecule has 0 bridgehead atoms. The molecule has 0 atom stereocenters. The van der Waals surface area contributed by atoms with E-state index in [1.54, 1.807) is 6.07 Å². The van der Waals surface area contributed by atoms with Gasteiger partial charge in [-0.3, -0.25) is 4.79 Å². The highest BCUT2D eigenvalue weighted by Crippen LogP contribution is 2.21. The highest BCUT2D eigenvalue weighted by atomic mass is 16.5. The van der Waals surface area contributed by atoms with Crippen molar-refractivity contribution in [1.82, 2.24) is 20.4 Å². The van der Waals surface area contributed by atoms with E-state index in [0.717, 1.165) is 10.8 Å². The number of rotatable bonds is 4. The minimum absolute atomic E-state index is 0.162. The molecule has 4 N–H and O–H groups in total. The molecule has 8 nitrogen and oxygen atoms in total. The predicted molar refractivity (Wildman–Crippen MR) is 75.0 cm³/mol. The molecule has 0 spiro atoms. The molecule has 1 aromatic carbocycles. The molecule has 2 heterocycles. The van der Waals surface area contributed by atoms with E-state index < -0.39 is 0 Å². The number of fused-ring (bicyclic) bond motifs is 1. The lowest BCUT2D eigenvalue weighted by molar-refractivity contribution is 0.0945. The molecule has 3 aromatic rings. The Balaban J connectivity index is 1.87. The fourth-order valence-corrected chi connectivity index (χ4v) is 1.95. The van der Waals surface area contributed by atoms with Crippen LogP contribution in [0, 0.1) is 0 Å². The highest BCUT2D eigenvalue weighted by molar-refractivity contribution is 6.00. The van der Waals surface area contributed by atoms with Crippen molar-refractivity contribution in [2.45, 2.75) is 6.54 Å². The first-order valence-corrected chi connectivity index (χ1v) is 6.18. The van der Waals surface area contributed by atoms with Crippen LogP contribution in [0.5, 0.6) is 0 Å². The number of carbonyl (C=O) groups excluding carboxylic acids is 1. The van der Waals surface area contributed by atoms with Crippen molar-refractivity contribution in [3.8, 4) is 0 Å². The van der Waals surface area contributed by atoms with Crippen molar-refractivity contribution in [3.05, 3.63) is 48.2 Å². The quantitative estimate of drug-likeness (QED) is 0.479. The molecule has 1 amide bonds. The fraction of sp³-hybridized carbons (Fsp3) is 0.0769. The third kappa shape index (κ3) is 2.65. The van der Waals surface area contributed by atoms with E-state index in [4.69, 9.17) is 5.84 Å². The Kier molecular flexibility index (Phi) is 3.44. The van der Waals surface area contributed by atoms with Crippen LogP contribution >= 0.6 is 0 Å². The number of hydrazine groups is 1. The molecular formula is C13H12N6O2. The minimum atomic E-state index is -0.345. The van der Waals surface area contributed by atoms with E-state index in [-0.39, 0.29) is 18.1 Å². The van der Waals surface area contributed by atoms with Crippen LogP contribution in [0.3, 0.4) is 0 Å². The van der Waals surface area contributed by atoms with Crippen LogP contribution in [0.2, 0.25) is 0 Å². The third-order valence-corrected chi connectivity index (χ3v) is 2.92. The molecule has 0 aliphatic heterocycles. The molecule has 0 aliphatic rings. The monoisotopic (exact) mass is 284 g/mol. The topological polar surface area (TPSA) is 119 Å². The average Bonchev–Trinajstić information content (AvgIpc) is 3.04. The standard InChI is InChI=1S/C13H12N6O2/c14-18-12-9-4-2-1-3-8(9)5-10(17-12)13(20)15-6-11-16-7-21-19-11/h1-5,7H,6,14H2,(H,15,20)(H,17,18). The molecule has 3 rings (SSSR count). The average molecular weight is 284 g/mol. The zero-order chi connectivity index (χ0) is 14.7. The van der Waals surface area contributed by atoms with E-state index in [9.17, 15) is 4.79 Å². The van der Waals surface area contributed by atoms with Crippen molar-refractivity contribution in [2.24, 2.45) is 5.84 Å². The van der Waals surface area contributed by atoms with Gasteiger partial charge in [-0.05, 0) is 11.5 Å². The summed E-state index contributed by atoms with van der Waals surface area (Å²) in [5.41, 5.74) is 2.76. The van der Waals surface area contributed by atoms with Gasteiger partial charge in [-0.25, -0.2) is 10.8 Å². The zero-order valence-electron chi connectivity index (χ0n) is 10.9. The van der Waals surface area contributed by atoms with Gasteiger partial charge in [0, 0.05) is 5.39 Å². The van der Waals surface area contributed by atoms with Gasteiger partial charge < -0.3 is 15.3 Å². The van der Waals surface area contributed by atoms with Crippen molar-refractivity contribution >= 4 is 22.5 Å². The number of aromatic nitrogens is 3. The maximum atomic E-state index is 12.1. The normalized spacial score (nSPS) is 10.5. The van der Waals surface area contributed by atoms with Crippen molar-refractivity contribution in [1.29, 1.82) is 0 Å². The Hall–Kier alpha value is -3.00. The summed E-state index contributed by atoms with van der Waals surface area (Å²) in [6.07, 6.45) is 1.20. The summed E-state index contributed by atoms with van der Waals surface area (Å²) in [4.78, 5) is 20.2. The molecule has 0 aliphatic carbocycles. The number of benzene rings is 1. The van der Waals surface area contributed by atoms with Crippen LogP contribution in [0.1, 0.15) is 16.3 Å². The molecule has 8 heteroatoms. The van der Waals surface area contributed by atoms with Crippen LogP contribution < -0.4 is 16.6 Å². The summed E-state index contributed by atoms with van der Waals surface area (Å²) in [6.45, 7) is 0.162. The van der Waals surface area contributed by atoms with Crippen LogP contribution in [-0.2, 0) is 6.54 Å². The fourth-order valence-electron chi connectivity index (χ4n) is 1.95. The number of anilines is 1. The summed E-state index contributed by atoms with van der Waals surface area (Å²) in [5.74, 6) is 5.95. The second kappa shape index (κ2) is 5.55. The van der Waals surface area contributed by atoms with E-state index in [1.807, 2.05) is 24.3 Å². The number of hydrogen-bond acceptors (Lipinski definition) is 7. The maximum Gasteiger partial charge on any atom is 0.270 e. The molecule has 0 saturated carbocycles. The second-order valence-corrected chi connectivity index (χ2v) is 4.25. The smallest absolute Gasteiger partial charge is 0.270 e. The van der Waals surface area contributed by atoms with Crippen molar-refractivity contribution in [3.63, 3.8) is 0 Å². The molecule has 0 fully saturated rings. The van der Waals surface area contributed by atoms with Crippen molar-refractivity contribution < 1.29 is 9.32 Å². The van der Waals surface area contributed by atoms with E-state index in [2.05, 4.69) is 30.4 Å². The number of nitrogens with zero attached hydrogens (tertiary/aromatic N) is 3. The largest absolute Gasteiger partial charge is 0.343 e. The summed E-state index contributed by atoms with van der Waals surface area (Å²) < 4.78 is 4.59. The lowest BCUT2D eigenvalue weighted by Gasteiger charge is -2.08. The summed E-state index contributed by atoms with van der Waals surface area (Å²) in [7, 11) is 0. The van der Waals surface area contributed by atoms with Gasteiger partial charge >= 0.3 is 0 Å². The van der Waals surface area contributed by atoms with Gasteiger partial charge in [0.25, 0.3) is 5.91 Å². The Labute approximate surface area is 119 Å². The van der Waals surface area contributed by atoms with Crippen LogP contribution in [0.25, 0.3) is 10.8 Å². The lowest BCUT2D eigenvalue weighted by atomic mass is 10.1. The minimum Gasteiger partial charge on any atom is -0.343 e. The van der Waals surface area contributed by atoms with Gasteiger partial charge in [0.1, 0.15) is 11.5 Å². The Bertz CT molecular complexity index is 771. The summed E-state index contributed by atoms with van der Waals surface area (Å²) in [5, 5.41) is 7.98. The number of amides is 1. The molecule has 21 heavy (non-hydrogen) atoms. The second-order valence-electron chi connectivity index (χ2n) is 4.25. The first-order chi connectivity index (χ1) is 10.3. The van der Waals surface area contributed by atoms with Gasteiger partial charge in [-0.2, -0.15) is 4.98 Å². The lowest BCUT2D eigenvalue weighted by Crippen LogP contribution is -2.25. The molecular weight excluding hydrogens is 272 g/mol. The number of carbonyl (C=O) groups is 1. The van der Waals surface area contributed by atoms with Gasteiger partial charge in [-0.1, -0.05) is 29.4 Å². The van der Waals surface area contributed by atoms with Gasteiger partial charge in [0.2, 0.25) is 6.39 Å². The van der Waals surface area contributed by atoms with Crippen LogP contribution in [-0.4, -0.2) is 21.0 Å². The first kappa shape index (κ1) is 13.0. The van der Waals surface area contributed by atoms with Crippen molar-refractivity contribution in [2.75, 3.05) is 5.43 Å². The number of nitrogens with one attached hydrogen (secondary N) is 2. The molecule has 0 saturated heterocycles. The Morgan fingerprint density at radius 2 is 2.19 bits per heavy atom. The van der Waals surface area contributed by atoms with E-state index in [1.165, 1.54) is 6.39 Å². The number of hydrogen-bond donors (Lipinski definition) is 3. The molecule has 2 aromatic heterocycles. The number of pyridine rings is 1. The highest BCUT2D eigenvalue weighted by Gasteiger charge is 2.12. The van der Waals surface area contributed by atoms with E-state index >= 15 is 0 Å². The number of nitrogens with two attached hydrogens (primary N) is 1. The third-order valence-electron chi connectivity index (χ3n) is 2.92. The first-order valence-electron chi connectivity index (χ1n) is 6.18. The van der Waals surface area contributed by atoms with Crippen LogP contribution in [0.15, 0.2) is 41.2 Å². The van der Waals surface area contributed by atoms with Gasteiger partial charge in [0.05, 0.1) is 6.54 Å². The Morgan fingerprint density at radius 3 is 2.95 bits per heavy atom.